The van der Waals surface area contributed by atoms with E-state index < -0.39 is 0 Å². The number of aromatic nitrogens is 1. The molecule has 0 radical (unpaired) electrons. The Morgan fingerprint density at radius 2 is 2.05 bits per heavy atom. The molecule has 5 nitrogen and oxygen atoms in total. The largest absolute Gasteiger partial charge is 0.395 e. The number of hydrogen-bond acceptors (Lipinski definition) is 5. The first-order valence-corrected chi connectivity index (χ1v) is 7.49. The Kier molecular flexibility index (Phi) is 5.76. The van der Waals surface area contributed by atoms with E-state index in [2.05, 4.69) is 40.0 Å². The number of anilines is 1. The molecule has 0 unspecified atom stereocenters. The molecule has 0 spiro atoms. The number of aliphatic hydroxyl groups is 1. The smallest absolute Gasteiger partial charge is 0.131 e. The van der Waals surface area contributed by atoms with E-state index in [0.717, 1.165) is 51.6 Å². The van der Waals surface area contributed by atoms with Gasteiger partial charge in [0.1, 0.15) is 5.82 Å². The molecule has 0 aromatic carbocycles. The number of nitrogens with zero attached hydrogens (tertiary/aromatic N) is 3. The monoisotopic (exact) mass is 278 g/mol. The van der Waals surface area contributed by atoms with Crippen molar-refractivity contribution in [3.05, 3.63) is 23.4 Å². The van der Waals surface area contributed by atoms with Crippen LogP contribution in [0.3, 0.4) is 0 Å². The van der Waals surface area contributed by atoms with E-state index in [1.165, 1.54) is 11.1 Å². The predicted octanol–water partition coefficient (Wildman–Crippen LogP) is 0.614. The van der Waals surface area contributed by atoms with Crippen LogP contribution in [0.2, 0.25) is 0 Å². The highest BCUT2D eigenvalue weighted by Gasteiger charge is 2.18. The fourth-order valence-corrected chi connectivity index (χ4v) is 2.65. The summed E-state index contributed by atoms with van der Waals surface area (Å²) in [6.07, 6.45) is 1.98. The Labute approximate surface area is 121 Å². The van der Waals surface area contributed by atoms with Crippen LogP contribution in [0, 0.1) is 6.92 Å². The number of aliphatic hydroxyl groups excluding tert-OH is 1. The summed E-state index contributed by atoms with van der Waals surface area (Å²) in [5.41, 5.74) is 2.49. The quantitative estimate of drug-likeness (QED) is 0.799. The fraction of sp³-hybridized carbons (Fsp3) is 0.667. The van der Waals surface area contributed by atoms with Crippen molar-refractivity contribution in [3.63, 3.8) is 0 Å². The van der Waals surface area contributed by atoms with Crippen molar-refractivity contribution in [1.82, 2.24) is 15.2 Å². The van der Waals surface area contributed by atoms with Crippen LogP contribution in [0.1, 0.15) is 18.1 Å². The SMILES string of the molecule is CCNCc1cnc(N2CCN(CCO)CC2)c(C)c1. The molecule has 0 atom stereocenters. The number of rotatable bonds is 6. The maximum absolute atomic E-state index is 8.97. The summed E-state index contributed by atoms with van der Waals surface area (Å²) in [7, 11) is 0. The first-order chi connectivity index (χ1) is 9.74. The molecule has 2 N–H and O–H groups in total. The number of β-amino-alcohol motifs (C(OH)–C–C–N with tert-alkyl or cyclic N) is 1. The summed E-state index contributed by atoms with van der Waals surface area (Å²) in [5.74, 6) is 1.11. The van der Waals surface area contributed by atoms with E-state index >= 15 is 0 Å². The molecule has 0 amide bonds. The third-order valence-electron chi connectivity index (χ3n) is 3.77. The van der Waals surface area contributed by atoms with Crippen molar-refractivity contribution in [2.24, 2.45) is 0 Å². The Morgan fingerprint density at radius 3 is 2.65 bits per heavy atom. The molecule has 2 heterocycles. The number of pyridine rings is 1. The van der Waals surface area contributed by atoms with Crippen molar-refractivity contribution in [3.8, 4) is 0 Å². The zero-order valence-electron chi connectivity index (χ0n) is 12.6. The van der Waals surface area contributed by atoms with Crippen LogP contribution in [0.4, 0.5) is 5.82 Å². The minimum absolute atomic E-state index is 0.246. The van der Waals surface area contributed by atoms with Gasteiger partial charge < -0.3 is 15.3 Å². The zero-order valence-corrected chi connectivity index (χ0v) is 12.6. The van der Waals surface area contributed by atoms with Gasteiger partial charge in [-0.3, -0.25) is 4.90 Å². The fourth-order valence-electron chi connectivity index (χ4n) is 2.65. The van der Waals surface area contributed by atoms with Gasteiger partial charge in [0.2, 0.25) is 0 Å². The summed E-state index contributed by atoms with van der Waals surface area (Å²) in [6, 6.07) is 2.23. The summed E-state index contributed by atoms with van der Waals surface area (Å²) in [4.78, 5) is 9.29. The van der Waals surface area contributed by atoms with Gasteiger partial charge in [0, 0.05) is 45.5 Å². The molecule has 0 saturated carbocycles. The van der Waals surface area contributed by atoms with Gasteiger partial charge >= 0.3 is 0 Å². The van der Waals surface area contributed by atoms with Crippen LogP contribution in [0.25, 0.3) is 0 Å². The average molecular weight is 278 g/mol. The van der Waals surface area contributed by atoms with E-state index in [-0.39, 0.29) is 6.61 Å². The van der Waals surface area contributed by atoms with Crippen LogP contribution in [0.15, 0.2) is 12.3 Å². The van der Waals surface area contributed by atoms with Crippen LogP contribution >= 0.6 is 0 Å². The van der Waals surface area contributed by atoms with Crippen LogP contribution in [0.5, 0.6) is 0 Å². The molecule has 1 aliphatic rings. The Balaban J connectivity index is 1.96. The van der Waals surface area contributed by atoms with Gasteiger partial charge in [0.25, 0.3) is 0 Å². The summed E-state index contributed by atoms with van der Waals surface area (Å²) in [5, 5.41) is 12.3. The average Bonchev–Trinajstić information content (AvgIpc) is 2.47. The standard InChI is InChI=1S/C15H26N4O/c1-3-16-11-14-10-13(2)15(17-12-14)19-6-4-18(5-7-19)8-9-20/h10,12,16,20H,3-9,11H2,1-2H3. The Hall–Kier alpha value is -1.17. The maximum atomic E-state index is 8.97. The molecular formula is C15H26N4O. The van der Waals surface area contributed by atoms with Gasteiger partial charge in [-0.1, -0.05) is 6.92 Å². The van der Waals surface area contributed by atoms with Crippen molar-refractivity contribution in [2.45, 2.75) is 20.4 Å². The van der Waals surface area contributed by atoms with Crippen LogP contribution < -0.4 is 10.2 Å². The van der Waals surface area contributed by atoms with E-state index in [9.17, 15) is 0 Å². The summed E-state index contributed by atoms with van der Waals surface area (Å²) < 4.78 is 0. The van der Waals surface area contributed by atoms with Crippen molar-refractivity contribution >= 4 is 5.82 Å². The van der Waals surface area contributed by atoms with Crippen LogP contribution in [-0.2, 0) is 6.54 Å². The minimum atomic E-state index is 0.246. The molecule has 1 saturated heterocycles. The van der Waals surface area contributed by atoms with Gasteiger partial charge in [-0.05, 0) is 30.7 Å². The van der Waals surface area contributed by atoms with Crippen molar-refractivity contribution < 1.29 is 5.11 Å². The molecule has 1 aliphatic heterocycles. The Bertz CT molecular complexity index is 416. The van der Waals surface area contributed by atoms with Gasteiger partial charge in [-0.15, -0.1) is 0 Å². The van der Waals surface area contributed by atoms with Crippen LogP contribution in [-0.4, -0.2) is 60.9 Å². The zero-order chi connectivity index (χ0) is 14.4. The molecule has 112 valence electrons. The third-order valence-corrected chi connectivity index (χ3v) is 3.77. The van der Waals surface area contributed by atoms with E-state index in [0.29, 0.717) is 0 Å². The highest BCUT2D eigenvalue weighted by Crippen LogP contribution is 2.19. The predicted molar refractivity (Wildman–Crippen MR) is 82.1 cm³/mol. The number of piperazine rings is 1. The van der Waals surface area contributed by atoms with Gasteiger partial charge in [0.15, 0.2) is 0 Å². The lowest BCUT2D eigenvalue weighted by Crippen LogP contribution is -2.47. The summed E-state index contributed by atoms with van der Waals surface area (Å²) >= 11 is 0. The summed E-state index contributed by atoms with van der Waals surface area (Å²) in [6.45, 7) is 11.1. The first kappa shape index (κ1) is 15.2. The normalized spacial score (nSPS) is 16.6. The lowest BCUT2D eigenvalue weighted by atomic mass is 10.2. The minimum Gasteiger partial charge on any atom is -0.395 e. The lowest BCUT2D eigenvalue weighted by Gasteiger charge is -2.35. The molecule has 0 aliphatic carbocycles. The number of nitrogens with one attached hydrogen (secondary N) is 1. The number of aryl methyl sites for hydroxylation is 1. The second kappa shape index (κ2) is 7.57. The maximum Gasteiger partial charge on any atom is 0.131 e. The number of hydrogen-bond donors (Lipinski definition) is 2. The highest BCUT2D eigenvalue weighted by atomic mass is 16.3. The van der Waals surface area contributed by atoms with E-state index in [4.69, 9.17) is 5.11 Å². The lowest BCUT2D eigenvalue weighted by molar-refractivity contribution is 0.188. The molecule has 1 fully saturated rings. The molecule has 2 rings (SSSR count). The molecule has 5 heteroatoms. The first-order valence-electron chi connectivity index (χ1n) is 7.49. The third kappa shape index (κ3) is 3.91. The molecule has 0 bridgehead atoms. The van der Waals surface area contributed by atoms with E-state index in [1.54, 1.807) is 0 Å². The Morgan fingerprint density at radius 1 is 1.30 bits per heavy atom. The highest BCUT2D eigenvalue weighted by molar-refractivity contribution is 5.47. The second-order valence-corrected chi connectivity index (χ2v) is 5.32. The van der Waals surface area contributed by atoms with Gasteiger partial charge in [-0.2, -0.15) is 0 Å². The van der Waals surface area contributed by atoms with Crippen molar-refractivity contribution in [2.75, 3.05) is 50.8 Å². The van der Waals surface area contributed by atoms with Gasteiger partial charge in [0.05, 0.1) is 6.61 Å². The second-order valence-electron chi connectivity index (χ2n) is 5.32. The molecular weight excluding hydrogens is 252 g/mol. The van der Waals surface area contributed by atoms with E-state index in [1.807, 2.05) is 6.20 Å². The molecule has 1 aromatic heterocycles. The molecule has 1 aromatic rings. The topological polar surface area (TPSA) is 51.6 Å². The van der Waals surface area contributed by atoms with Crippen molar-refractivity contribution in [1.29, 1.82) is 0 Å². The van der Waals surface area contributed by atoms with Gasteiger partial charge in [-0.25, -0.2) is 4.98 Å². The molecule has 20 heavy (non-hydrogen) atoms.